The normalized spacial score (nSPS) is 10.8. The number of rotatable bonds is 7. The summed E-state index contributed by atoms with van der Waals surface area (Å²) in [6.45, 7) is 5.80. The molecule has 4 nitrogen and oxygen atoms in total. The molecule has 0 saturated heterocycles. The maximum absolute atomic E-state index is 11.7. The van der Waals surface area contributed by atoms with Gasteiger partial charge in [0, 0.05) is 0 Å². The van der Waals surface area contributed by atoms with E-state index in [0.29, 0.717) is 12.8 Å². The predicted octanol–water partition coefficient (Wildman–Crippen LogP) is 4.19. The molecule has 0 aliphatic carbocycles. The summed E-state index contributed by atoms with van der Waals surface area (Å²) in [7, 11) is 0. The number of benzene rings is 1. The van der Waals surface area contributed by atoms with Gasteiger partial charge in [0.25, 0.3) is 0 Å². The van der Waals surface area contributed by atoms with Crippen LogP contribution in [0, 0.1) is 10.5 Å². The molecule has 0 heterocycles. The van der Waals surface area contributed by atoms with Gasteiger partial charge in [-0.1, -0.05) is 0 Å². The Labute approximate surface area is 128 Å². The van der Waals surface area contributed by atoms with E-state index < -0.39 is 20.6 Å². The van der Waals surface area contributed by atoms with Crippen molar-refractivity contribution in [1.82, 2.24) is 0 Å². The van der Waals surface area contributed by atoms with E-state index in [1.54, 1.807) is 0 Å². The molecule has 1 aromatic carbocycles. The second-order valence-corrected chi connectivity index (χ2v) is 7.78. The summed E-state index contributed by atoms with van der Waals surface area (Å²) < 4.78 is 11.6. The topological polar surface area (TPSA) is 52.6 Å². The molecule has 0 atom stereocenters. The second-order valence-electron chi connectivity index (χ2n) is 4.41. The Hall–Kier alpha value is -1.11. The Morgan fingerprint density at radius 1 is 0.950 bits per heavy atom. The third kappa shape index (κ3) is 5.90. The van der Waals surface area contributed by atoms with E-state index in [2.05, 4.69) is 0 Å². The molecule has 1 rings (SSSR count). The molecule has 0 saturated carbocycles. The van der Waals surface area contributed by atoms with Gasteiger partial charge in [-0.05, 0) is 0 Å². The van der Waals surface area contributed by atoms with Crippen molar-refractivity contribution in [2.45, 2.75) is 46.5 Å². The summed E-state index contributed by atoms with van der Waals surface area (Å²) >= 11 is -2.69. The van der Waals surface area contributed by atoms with E-state index in [9.17, 15) is 9.59 Å². The molecule has 0 aliphatic rings. The number of carbonyl (C=O) groups excluding carboxylic acids is 2. The molecule has 0 unspecified atom stereocenters. The summed E-state index contributed by atoms with van der Waals surface area (Å²) in [6, 6.07) is 7.61. The van der Waals surface area contributed by atoms with E-state index in [4.69, 9.17) is 6.13 Å². The Morgan fingerprint density at radius 3 is 1.80 bits per heavy atom. The number of aryl methyl sites for hydroxylation is 1. The molecule has 5 heteroatoms. The van der Waals surface area contributed by atoms with Gasteiger partial charge in [0.1, 0.15) is 0 Å². The van der Waals surface area contributed by atoms with Crippen molar-refractivity contribution in [1.29, 1.82) is 0 Å². The van der Waals surface area contributed by atoms with Gasteiger partial charge in [-0.3, -0.25) is 0 Å². The first-order valence-corrected chi connectivity index (χ1v) is 9.60. The van der Waals surface area contributed by atoms with Crippen molar-refractivity contribution in [3.63, 3.8) is 0 Å². The number of carbonyl (C=O) groups is 2. The second kappa shape index (κ2) is 8.94. The summed E-state index contributed by atoms with van der Waals surface area (Å²) in [5.41, 5.74) is 1.12. The van der Waals surface area contributed by atoms with Crippen molar-refractivity contribution >= 4 is 32.6 Å². The van der Waals surface area contributed by atoms with E-state index in [-0.39, 0.29) is 11.9 Å². The van der Waals surface area contributed by atoms with Crippen LogP contribution in [0.5, 0.6) is 0 Å². The zero-order valence-electron chi connectivity index (χ0n) is 12.1. The molecule has 20 heavy (non-hydrogen) atoms. The van der Waals surface area contributed by atoms with Crippen molar-refractivity contribution in [3.05, 3.63) is 33.4 Å². The molecule has 0 N–H and O–H groups in total. The third-order valence-corrected chi connectivity index (χ3v) is 5.93. The van der Waals surface area contributed by atoms with Crippen LogP contribution < -0.4 is 0 Å². The Balaban J connectivity index is 2.80. The summed E-state index contributed by atoms with van der Waals surface area (Å²) in [5, 5.41) is 0. The first-order chi connectivity index (χ1) is 9.56. The van der Waals surface area contributed by atoms with Gasteiger partial charge in [-0.15, -0.1) is 0 Å². The molecular weight excluding hydrogens is 371 g/mol. The first-order valence-electron chi connectivity index (χ1n) is 6.76. The van der Waals surface area contributed by atoms with E-state index in [1.165, 1.54) is 0 Å². The summed E-state index contributed by atoms with van der Waals surface area (Å²) in [4.78, 5) is 23.3. The molecule has 0 aliphatic heterocycles. The standard InChI is InChI=1S/C15H21IO4/c1-4-6-14(17)19-16(20-15(18)7-5-2)13-10-8-12(3)9-11-13/h8-11H,4-7H2,1-3H3. The Morgan fingerprint density at radius 2 is 1.40 bits per heavy atom. The molecule has 0 spiro atoms. The Bertz CT molecular complexity index is 422. The summed E-state index contributed by atoms with van der Waals surface area (Å²) in [5.74, 6) is -0.579. The van der Waals surface area contributed by atoms with Crippen LogP contribution in [0.25, 0.3) is 0 Å². The monoisotopic (exact) mass is 392 g/mol. The molecular formula is C15H21IO4. The fourth-order valence-electron chi connectivity index (χ4n) is 1.38. The van der Waals surface area contributed by atoms with Crippen molar-refractivity contribution < 1.29 is 15.7 Å². The van der Waals surface area contributed by atoms with Crippen LogP contribution in [0.4, 0.5) is 0 Å². The van der Waals surface area contributed by atoms with E-state index in [1.807, 2.05) is 45.0 Å². The SMILES string of the molecule is CCCC(=O)OI(OC(=O)CCC)c1ccc(C)cc1. The van der Waals surface area contributed by atoms with Crippen LogP contribution in [0.15, 0.2) is 24.3 Å². The summed E-state index contributed by atoms with van der Waals surface area (Å²) in [6.07, 6.45) is 2.15. The van der Waals surface area contributed by atoms with Gasteiger partial charge in [-0.2, -0.15) is 0 Å². The Kier molecular flexibility index (Phi) is 7.58. The van der Waals surface area contributed by atoms with Gasteiger partial charge in [-0.25, -0.2) is 0 Å². The minimum absolute atomic E-state index is 0.289. The zero-order valence-corrected chi connectivity index (χ0v) is 14.3. The fraction of sp³-hybridized carbons (Fsp3) is 0.467. The maximum atomic E-state index is 11.7. The number of hydrogen-bond donors (Lipinski definition) is 0. The molecule has 1 aromatic rings. The molecule has 0 fully saturated rings. The van der Waals surface area contributed by atoms with E-state index in [0.717, 1.165) is 22.0 Å². The quantitative estimate of drug-likeness (QED) is 0.653. The molecule has 0 amide bonds. The molecule has 0 bridgehead atoms. The van der Waals surface area contributed by atoms with Crippen LogP contribution in [-0.2, 0) is 15.7 Å². The predicted molar refractivity (Wildman–Crippen MR) is 85.9 cm³/mol. The van der Waals surface area contributed by atoms with Gasteiger partial charge in [0.2, 0.25) is 0 Å². The van der Waals surface area contributed by atoms with Crippen molar-refractivity contribution in [3.8, 4) is 0 Å². The zero-order chi connectivity index (χ0) is 15.0. The van der Waals surface area contributed by atoms with Gasteiger partial charge < -0.3 is 0 Å². The van der Waals surface area contributed by atoms with Gasteiger partial charge in [0.15, 0.2) is 0 Å². The van der Waals surface area contributed by atoms with E-state index >= 15 is 0 Å². The third-order valence-electron chi connectivity index (χ3n) is 2.41. The molecule has 112 valence electrons. The average molecular weight is 392 g/mol. The average Bonchev–Trinajstić information content (AvgIpc) is 2.39. The van der Waals surface area contributed by atoms with Crippen LogP contribution in [0.1, 0.15) is 45.1 Å². The van der Waals surface area contributed by atoms with Crippen molar-refractivity contribution in [2.75, 3.05) is 0 Å². The van der Waals surface area contributed by atoms with Crippen molar-refractivity contribution in [2.24, 2.45) is 0 Å². The van der Waals surface area contributed by atoms with Crippen LogP contribution in [0.3, 0.4) is 0 Å². The van der Waals surface area contributed by atoms with Crippen LogP contribution in [-0.4, -0.2) is 11.9 Å². The van der Waals surface area contributed by atoms with Crippen LogP contribution >= 0.6 is 20.6 Å². The van der Waals surface area contributed by atoms with Crippen LogP contribution in [0.2, 0.25) is 0 Å². The molecule has 0 aromatic heterocycles. The van der Waals surface area contributed by atoms with Gasteiger partial charge >= 0.3 is 128 Å². The fourth-order valence-corrected chi connectivity index (χ4v) is 4.26. The number of halogens is 1. The molecule has 0 radical (unpaired) electrons. The minimum atomic E-state index is -2.69. The number of hydrogen-bond acceptors (Lipinski definition) is 4. The van der Waals surface area contributed by atoms with Gasteiger partial charge in [0.05, 0.1) is 0 Å². The first kappa shape index (κ1) is 16.9.